The minimum atomic E-state index is -3.28. The molecule has 1 aliphatic rings. The van der Waals surface area contributed by atoms with Gasteiger partial charge in [-0.3, -0.25) is 0 Å². The first-order chi connectivity index (χ1) is 8.28. The van der Waals surface area contributed by atoms with Gasteiger partial charge >= 0.3 is 0 Å². The molecule has 1 fully saturated rings. The lowest BCUT2D eigenvalue weighted by Gasteiger charge is -2.39. The zero-order valence-corrected chi connectivity index (χ0v) is 11.8. The Balaban J connectivity index is 2.68. The summed E-state index contributed by atoms with van der Waals surface area (Å²) in [5.74, 6) is 0.689. The largest absolute Gasteiger partial charge is 0.496 e. The Morgan fingerprint density at radius 1 is 1.33 bits per heavy atom. The van der Waals surface area contributed by atoms with E-state index in [-0.39, 0.29) is 0 Å². The fraction of sp³-hybridized carbons (Fsp3) is 0.538. The lowest BCUT2D eigenvalue weighted by atomic mass is 9.72. The van der Waals surface area contributed by atoms with Crippen LogP contribution in [0.2, 0.25) is 0 Å². The smallest absolute Gasteiger partial charge is 0.175 e. The normalized spacial score (nSPS) is 18.2. The molecule has 0 aliphatic heterocycles. The molecule has 0 aromatic heterocycles. The molecule has 0 atom stereocenters. The van der Waals surface area contributed by atoms with Crippen LogP contribution >= 0.6 is 0 Å². The minimum Gasteiger partial charge on any atom is -0.496 e. The Hall–Kier alpha value is -1.07. The molecule has 1 aromatic carbocycles. The molecule has 18 heavy (non-hydrogen) atoms. The topological polar surface area (TPSA) is 69.4 Å². The Morgan fingerprint density at radius 2 is 1.94 bits per heavy atom. The van der Waals surface area contributed by atoms with Crippen LogP contribution < -0.4 is 10.5 Å². The van der Waals surface area contributed by atoms with Gasteiger partial charge in [-0.05, 0) is 49.4 Å². The van der Waals surface area contributed by atoms with Crippen molar-refractivity contribution >= 4 is 9.84 Å². The third-order valence-corrected chi connectivity index (χ3v) is 4.82. The number of hydrogen-bond donors (Lipinski definition) is 1. The van der Waals surface area contributed by atoms with E-state index < -0.39 is 15.4 Å². The van der Waals surface area contributed by atoms with Crippen molar-refractivity contribution in [1.82, 2.24) is 0 Å². The van der Waals surface area contributed by atoms with Crippen LogP contribution in [0, 0.1) is 6.92 Å². The van der Waals surface area contributed by atoms with Crippen molar-refractivity contribution in [1.29, 1.82) is 0 Å². The number of nitrogens with two attached hydrogens (primary N) is 1. The summed E-state index contributed by atoms with van der Waals surface area (Å²) in [5.41, 5.74) is 7.26. The van der Waals surface area contributed by atoms with Crippen LogP contribution in [0.5, 0.6) is 5.75 Å². The predicted octanol–water partition coefficient (Wildman–Crippen LogP) is 1.75. The van der Waals surface area contributed by atoms with Crippen LogP contribution in [0.4, 0.5) is 0 Å². The molecular weight excluding hydrogens is 250 g/mol. The van der Waals surface area contributed by atoms with Gasteiger partial charge < -0.3 is 10.5 Å². The lowest BCUT2D eigenvalue weighted by Crippen LogP contribution is -2.44. The highest BCUT2D eigenvalue weighted by Gasteiger charge is 2.38. The molecule has 0 saturated heterocycles. The summed E-state index contributed by atoms with van der Waals surface area (Å²) in [6.07, 6.45) is 3.90. The number of ether oxygens (including phenoxy) is 1. The zero-order chi connectivity index (χ0) is 13.6. The second-order valence-corrected chi connectivity index (χ2v) is 7.08. The van der Waals surface area contributed by atoms with E-state index in [0.29, 0.717) is 16.2 Å². The van der Waals surface area contributed by atoms with E-state index in [9.17, 15) is 8.42 Å². The molecule has 0 amide bonds. The van der Waals surface area contributed by atoms with Crippen LogP contribution in [0.1, 0.15) is 30.4 Å². The number of sulfone groups is 1. The number of methoxy groups -OCH3 is 1. The van der Waals surface area contributed by atoms with E-state index in [1.54, 1.807) is 19.2 Å². The monoisotopic (exact) mass is 269 g/mol. The van der Waals surface area contributed by atoms with Crippen LogP contribution in [-0.4, -0.2) is 21.8 Å². The SMILES string of the molecule is COc1cc(C2(N)CCC2)c(S(C)(=O)=O)cc1C. The van der Waals surface area contributed by atoms with Gasteiger partial charge in [0.1, 0.15) is 5.75 Å². The van der Waals surface area contributed by atoms with Crippen molar-refractivity contribution in [2.24, 2.45) is 5.73 Å². The van der Waals surface area contributed by atoms with E-state index in [1.165, 1.54) is 6.26 Å². The Bertz CT molecular complexity index is 574. The summed E-state index contributed by atoms with van der Waals surface area (Å²) in [7, 11) is -1.70. The van der Waals surface area contributed by atoms with Crippen molar-refractivity contribution in [3.8, 4) is 5.75 Å². The molecular formula is C13H19NO3S. The average molecular weight is 269 g/mol. The van der Waals surface area contributed by atoms with E-state index in [2.05, 4.69) is 0 Å². The van der Waals surface area contributed by atoms with E-state index in [1.807, 2.05) is 6.92 Å². The van der Waals surface area contributed by atoms with Crippen molar-refractivity contribution in [2.45, 2.75) is 36.6 Å². The molecule has 100 valence electrons. The second kappa shape index (κ2) is 4.24. The van der Waals surface area contributed by atoms with Crippen LogP contribution in [0.3, 0.4) is 0 Å². The summed E-state index contributed by atoms with van der Waals surface area (Å²) >= 11 is 0. The maximum Gasteiger partial charge on any atom is 0.175 e. The third-order valence-electron chi connectivity index (χ3n) is 3.68. The Labute approximate surface area is 108 Å². The van der Waals surface area contributed by atoms with Crippen molar-refractivity contribution in [2.75, 3.05) is 13.4 Å². The first-order valence-electron chi connectivity index (χ1n) is 5.96. The van der Waals surface area contributed by atoms with Crippen LogP contribution in [0.25, 0.3) is 0 Å². The molecule has 0 radical (unpaired) electrons. The summed E-state index contributed by atoms with van der Waals surface area (Å²) in [5, 5.41) is 0. The molecule has 5 heteroatoms. The van der Waals surface area contributed by atoms with Gasteiger partial charge in [-0.2, -0.15) is 0 Å². The maximum absolute atomic E-state index is 11.9. The zero-order valence-electron chi connectivity index (χ0n) is 11.0. The van der Waals surface area contributed by atoms with Crippen LogP contribution in [0.15, 0.2) is 17.0 Å². The molecule has 0 unspecified atom stereocenters. The fourth-order valence-electron chi connectivity index (χ4n) is 2.40. The molecule has 2 rings (SSSR count). The number of aryl methyl sites for hydroxylation is 1. The van der Waals surface area contributed by atoms with Gasteiger partial charge in [0.2, 0.25) is 0 Å². The summed E-state index contributed by atoms with van der Waals surface area (Å²) in [4.78, 5) is 0.336. The first-order valence-corrected chi connectivity index (χ1v) is 7.85. The van der Waals surface area contributed by atoms with Crippen LogP contribution in [-0.2, 0) is 15.4 Å². The molecule has 4 nitrogen and oxygen atoms in total. The highest BCUT2D eigenvalue weighted by Crippen LogP contribution is 2.43. The molecule has 0 bridgehead atoms. The number of benzene rings is 1. The summed E-state index contributed by atoms with van der Waals surface area (Å²) < 4.78 is 29.1. The summed E-state index contributed by atoms with van der Waals surface area (Å²) in [6.45, 7) is 1.83. The van der Waals surface area contributed by atoms with E-state index >= 15 is 0 Å². The minimum absolute atomic E-state index is 0.336. The first kappa shape index (κ1) is 13.4. The van der Waals surface area contributed by atoms with E-state index in [0.717, 1.165) is 24.8 Å². The van der Waals surface area contributed by atoms with Gasteiger partial charge in [-0.25, -0.2) is 8.42 Å². The maximum atomic E-state index is 11.9. The molecule has 1 saturated carbocycles. The number of hydrogen-bond acceptors (Lipinski definition) is 4. The third kappa shape index (κ3) is 2.12. The average Bonchev–Trinajstić information content (AvgIpc) is 2.24. The van der Waals surface area contributed by atoms with Crippen molar-refractivity contribution < 1.29 is 13.2 Å². The van der Waals surface area contributed by atoms with Gasteiger partial charge in [-0.15, -0.1) is 0 Å². The quantitative estimate of drug-likeness (QED) is 0.907. The lowest BCUT2D eigenvalue weighted by molar-refractivity contribution is 0.247. The number of rotatable bonds is 3. The Kier molecular flexibility index (Phi) is 3.15. The molecule has 0 heterocycles. The predicted molar refractivity (Wildman–Crippen MR) is 70.6 cm³/mol. The Morgan fingerprint density at radius 3 is 2.33 bits per heavy atom. The molecule has 1 aliphatic carbocycles. The van der Waals surface area contributed by atoms with Gasteiger partial charge in [0.05, 0.1) is 12.0 Å². The molecule has 0 spiro atoms. The van der Waals surface area contributed by atoms with Crippen molar-refractivity contribution in [3.63, 3.8) is 0 Å². The van der Waals surface area contributed by atoms with E-state index in [4.69, 9.17) is 10.5 Å². The highest BCUT2D eigenvalue weighted by atomic mass is 32.2. The van der Waals surface area contributed by atoms with Gasteiger partial charge in [0, 0.05) is 11.8 Å². The second-order valence-electron chi connectivity index (χ2n) is 5.10. The van der Waals surface area contributed by atoms with Gasteiger partial charge in [0.25, 0.3) is 0 Å². The van der Waals surface area contributed by atoms with Crippen molar-refractivity contribution in [3.05, 3.63) is 23.3 Å². The highest BCUT2D eigenvalue weighted by molar-refractivity contribution is 7.90. The fourth-order valence-corrected chi connectivity index (χ4v) is 3.46. The summed E-state index contributed by atoms with van der Waals surface area (Å²) in [6, 6.07) is 3.45. The molecule has 2 N–H and O–H groups in total. The van der Waals surface area contributed by atoms with Gasteiger partial charge in [0.15, 0.2) is 9.84 Å². The molecule has 1 aromatic rings. The standard InChI is InChI=1S/C13H19NO3S/c1-9-7-12(18(3,15)16)10(8-11(9)17-2)13(14)5-4-6-13/h7-8H,4-6,14H2,1-3H3. The van der Waals surface area contributed by atoms with Gasteiger partial charge in [-0.1, -0.05) is 0 Å².